The number of benzene rings is 2. The molecule has 0 saturated carbocycles. The van der Waals surface area contributed by atoms with Crippen LogP contribution in [0.4, 0.5) is 9.18 Å². The zero-order valence-electron chi connectivity index (χ0n) is 14.1. The fourth-order valence-electron chi connectivity index (χ4n) is 2.21. The molecule has 2 rings (SSSR count). The van der Waals surface area contributed by atoms with Gasteiger partial charge in [0, 0.05) is 13.1 Å². The third-order valence-electron chi connectivity index (χ3n) is 3.61. The van der Waals surface area contributed by atoms with Crippen molar-refractivity contribution >= 4 is 6.03 Å². The van der Waals surface area contributed by atoms with Crippen molar-refractivity contribution in [1.82, 2.24) is 10.6 Å². The molecule has 2 aromatic rings. The largest absolute Gasteiger partial charge is 0.493 e. The second-order valence-corrected chi connectivity index (χ2v) is 5.32. The Morgan fingerprint density at radius 1 is 1.08 bits per heavy atom. The van der Waals surface area contributed by atoms with Crippen molar-refractivity contribution in [2.75, 3.05) is 20.8 Å². The molecule has 1 unspecified atom stereocenters. The third-order valence-corrected chi connectivity index (χ3v) is 3.61. The van der Waals surface area contributed by atoms with Gasteiger partial charge in [0.1, 0.15) is 5.82 Å². The molecule has 0 aromatic heterocycles. The number of methoxy groups -OCH3 is 2. The first-order chi connectivity index (χ1) is 12.0. The Balaban J connectivity index is 1.83. The van der Waals surface area contributed by atoms with Crippen LogP contribution in [0.1, 0.15) is 17.2 Å². The minimum atomic E-state index is -0.892. The van der Waals surface area contributed by atoms with E-state index >= 15 is 0 Å². The van der Waals surface area contributed by atoms with Crippen molar-refractivity contribution in [3.05, 3.63) is 59.4 Å². The monoisotopic (exact) mass is 348 g/mol. The summed E-state index contributed by atoms with van der Waals surface area (Å²) < 4.78 is 23.1. The molecular weight excluding hydrogens is 327 g/mol. The highest BCUT2D eigenvalue weighted by Gasteiger charge is 2.13. The van der Waals surface area contributed by atoms with Crippen molar-refractivity contribution in [2.45, 2.75) is 12.6 Å². The first-order valence-electron chi connectivity index (χ1n) is 7.69. The zero-order chi connectivity index (χ0) is 18.2. The molecule has 0 saturated heterocycles. The summed E-state index contributed by atoms with van der Waals surface area (Å²) >= 11 is 0. The molecule has 0 aliphatic rings. The summed E-state index contributed by atoms with van der Waals surface area (Å²) in [7, 11) is 3.04. The van der Waals surface area contributed by atoms with Crippen LogP contribution in [-0.2, 0) is 6.54 Å². The maximum Gasteiger partial charge on any atom is 0.315 e. The Morgan fingerprint density at radius 3 is 2.40 bits per heavy atom. The summed E-state index contributed by atoms with van der Waals surface area (Å²) in [6.07, 6.45) is -0.892. The predicted octanol–water partition coefficient (Wildman–Crippen LogP) is 2.38. The summed E-state index contributed by atoms with van der Waals surface area (Å²) in [6.45, 7) is 0.295. The van der Waals surface area contributed by atoms with E-state index in [1.54, 1.807) is 30.3 Å². The Hall–Kier alpha value is -2.80. The van der Waals surface area contributed by atoms with E-state index < -0.39 is 12.1 Å². The van der Waals surface area contributed by atoms with Crippen molar-refractivity contribution in [1.29, 1.82) is 0 Å². The van der Waals surface area contributed by atoms with Crippen molar-refractivity contribution in [2.24, 2.45) is 0 Å². The number of halogens is 1. The average molecular weight is 348 g/mol. The van der Waals surface area contributed by atoms with Crippen LogP contribution in [-0.4, -0.2) is 31.9 Å². The van der Waals surface area contributed by atoms with Crippen LogP contribution < -0.4 is 20.1 Å². The fraction of sp³-hybridized carbons (Fsp3) is 0.278. The lowest BCUT2D eigenvalue weighted by molar-refractivity contribution is 0.172. The smallest absolute Gasteiger partial charge is 0.315 e. The van der Waals surface area contributed by atoms with Gasteiger partial charge >= 0.3 is 6.03 Å². The summed E-state index contributed by atoms with van der Waals surface area (Å²) in [5.74, 6) is 0.731. The second kappa shape index (κ2) is 8.89. The molecule has 0 radical (unpaired) electrons. The van der Waals surface area contributed by atoms with Crippen LogP contribution in [0.25, 0.3) is 0 Å². The predicted molar refractivity (Wildman–Crippen MR) is 91.1 cm³/mol. The Kier molecular flexibility index (Phi) is 6.59. The van der Waals surface area contributed by atoms with Gasteiger partial charge in [-0.15, -0.1) is 0 Å². The number of rotatable bonds is 7. The number of carbonyl (C=O) groups excluding carboxylic acids is 1. The molecule has 2 aromatic carbocycles. The highest BCUT2D eigenvalue weighted by molar-refractivity contribution is 5.73. The van der Waals surface area contributed by atoms with E-state index in [9.17, 15) is 14.3 Å². The lowest BCUT2D eigenvalue weighted by atomic mass is 10.1. The number of aliphatic hydroxyl groups excluding tert-OH is 1. The molecule has 25 heavy (non-hydrogen) atoms. The van der Waals surface area contributed by atoms with Gasteiger partial charge in [-0.3, -0.25) is 0 Å². The molecule has 0 aliphatic carbocycles. The van der Waals surface area contributed by atoms with E-state index in [4.69, 9.17) is 9.47 Å². The molecule has 0 aliphatic heterocycles. The van der Waals surface area contributed by atoms with Crippen LogP contribution >= 0.6 is 0 Å². The first-order valence-corrected chi connectivity index (χ1v) is 7.69. The summed E-state index contributed by atoms with van der Waals surface area (Å²) in [6, 6.07) is 10.5. The lowest BCUT2D eigenvalue weighted by Gasteiger charge is -2.15. The molecule has 0 bridgehead atoms. The molecule has 6 nitrogen and oxygen atoms in total. The van der Waals surface area contributed by atoms with E-state index in [0.717, 1.165) is 5.56 Å². The van der Waals surface area contributed by atoms with Gasteiger partial charge in [-0.1, -0.05) is 18.2 Å². The van der Waals surface area contributed by atoms with Crippen LogP contribution in [0, 0.1) is 5.82 Å². The number of hydrogen-bond donors (Lipinski definition) is 3. The Labute approximate surface area is 145 Å². The van der Waals surface area contributed by atoms with Gasteiger partial charge in [-0.25, -0.2) is 9.18 Å². The van der Waals surface area contributed by atoms with Gasteiger partial charge in [0.25, 0.3) is 0 Å². The molecule has 2 amide bonds. The zero-order valence-corrected chi connectivity index (χ0v) is 14.1. The number of carbonyl (C=O) groups is 1. The van der Waals surface area contributed by atoms with Crippen LogP contribution in [0.2, 0.25) is 0 Å². The summed E-state index contributed by atoms with van der Waals surface area (Å²) in [4.78, 5) is 11.8. The number of amides is 2. The van der Waals surface area contributed by atoms with E-state index in [1.807, 2.05) is 0 Å². The molecule has 0 fully saturated rings. The maximum atomic E-state index is 12.8. The highest BCUT2D eigenvalue weighted by Crippen LogP contribution is 2.29. The van der Waals surface area contributed by atoms with Crippen molar-refractivity contribution < 1.29 is 23.8 Å². The Morgan fingerprint density at radius 2 is 1.76 bits per heavy atom. The first kappa shape index (κ1) is 18.5. The van der Waals surface area contributed by atoms with E-state index in [1.165, 1.54) is 26.4 Å². The summed E-state index contributed by atoms with van der Waals surface area (Å²) in [5.41, 5.74) is 1.37. The highest BCUT2D eigenvalue weighted by atomic mass is 19.1. The van der Waals surface area contributed by atoms with E-state index in [2.05, 4.69) is 10.6 Å². The number of ether oxygens (including phenoxy) is 2. The van der Waals surface area contributed by atoms with Crippen LogP contribution in [0.3, 0.4) is 0 Å². The molecule has 7 heteroatoms. The van der Waals surface area contributed by atoms with E-state index in [0.29, 0.717) is 17.1 Å². The maximum absolute atomic E-state index is 12.8. The normalized spacial score (nSPS) is 11.5. The van der Waals surface area contributed by atoms with Gasteiger partial charge in [0.15, 0.2) is 11.5 Å². The summed E-state index contributed by atoms with van der Waals surface area (Å²) in [5, 5.41) is 15.4. The molecular formula is C18H21FN2O4. The van der Waals surface area contributed by atoms with Gasteiger partial charge in [-0.2, -0.15) is 0 Å². The molecule has 1 atom stereocenters. The second-order valence-electron chi connectivity index (χ2n) is 5.32. The SMILES string of the molecule is COc1ccc(C(O)CNC(=O)NCc2ccc(F)cc2)cc1OC. The number of hydrogen-bond acceptors (Lipinski definition) is 4. The third kappa shape index (κ3) is 5.36. The quantitative estimate of drug-likeness (QED) is 0.718. The van der Waals surface area contributed by atoms with Gasteiger partial charge in [-0.05, 0) is 35.4 Å². The minimum Gasteiger partial charge on any atom is -0.493 e. The minimum absolute atomic E-state index is 0.0325. The lowest BCUT2D eigenvalue weighted by Crippen LogP contribution is -2.37. The van der Waals surface area contributed by atoms with Crippen molar-refractivity contribution in [3.63, 3.8) is 0 Å². The van der Waals surface area contributed by atoms with Gasteiger partial charge in [0.2, 0.25) is 0 Å². The number of aliphatic hydroxyl groups is 1. The molecule has 0 spiro atoms. The molecule has 0 heterocycles. The van der Waals surface area contributed by atoms with E-state index in [-0.39, 0.29) is 18.9 Å². The molecule has 134 valence electrons. The topological polar surface area (TPSA) is 79.8 Å². The standard InChI is InChI=1S/C18H21FN2O4/c1-24-16-8-5-13(9-17(16)25-2)15(22)11-21-18(23)20-10-12-3-6-14(19)7-4-12/h3-9,15,22H,10-11H2,1-2H3,(H2,20,21,23). The number of nitrogens with one attached hydrogen (secondary N) is 2. The number of urea groups is 1. The van der Waals surface area contributed by atoms with Crippen molar-refractivity contribution in [3.8, 4) is 11.5 Å². The van der Waals surface area contributed by atoms with Crippen LogP contribution in [0.15, 0.2) is 42.5 Å². The average Bonchev–Trinajstić information content (AvgIpc) is 2.64. The molecule has 3 N–H and O–H groups in total. The van der Waals surface area contributed by atoms with Gasteiger partial charge in [0.05, 0.1) is 20.3 Å². The fourth-order valence-corrected chi connectivity index (χ4v) is 2.21. The van der Waals surface area contributed by atoms with Gasteiger partial charge < -0.3 is 25.2 Å². The van der Waals surface area contributed by atoms with Crippen LogP contribution in [0.5, 0.6) is 11.5 Å². The Bertz CT molecular complexity index is 707.